The van der Waals surface area contributed by atoms with Crippen LogP contribution in [0.15, 0.2) is 85.1 Å². The molecule has 0 heterocycles. The van der Waals surface area contributed by atoms with Gasteiger partial charge in [-0.25, -0.2) is 0 Å². The molecule has 0 amide bonds. The second-order valence-corrected chi connectivity index (χ2v) is 15.6. The topological polar surface area (TPSA) is 78.9 Å². The molecule has 0 aromatic rings. The minimum atomic E-state index is -0.809. The highest BCUT2D eigenvalue weighted by Crippen LogP contribution is 2.14. The molecule has 6 nitrogen and oxygen atoms in total. The van der Waals surface area contributed by atoms with Gasteiger partial charge in [-0.3, -0.25) is 14.4 Å². The van der Waals surface area contributed by atoms with E-state index in [0.29, 0.717) is 19.3 Å². The average molecular weight is 821 g/mol. The van der Waals surface area contributed by atoms with E-state index in [0.717, 1.165) is 103 Å². The summed E-state index contributed by atoms with van der Waals surface area (Å²) in [5, 5.41) is 0. The molecule has 1 unspecified atom stereocenters. The van der Waals surface area contributed by atoms with E-state index in [4.69, 9.17) is 14.2 Å². The number of unbranched alkanes of at least 4 members (excludes halogenated alkanes) is 17. The van der Waals surface area contributed by atoms with Crippen LogP contribution in [0, 0.1) is 0 Å². The lowest BCUT2D eigenvalue weighted by molar-refractivity contribution is -0.166. The molecule has 336 valence electrons. The molecular weight excluding hydrogens is 733 g/mol. The summed E-state index contributed by atoms with van der Waals surface area (Å²) in [5.74, 6) is -1.01. The predicted molar refractivity (Wildman–Crippen MR) is 251 cm³/mol. The Hall–Kier alpha value is -3.41. The maximum atomic E-state index is 12.7. The minimum Gasteiger partial charge on any atom is -0.462 e. The second kappa shape index (κ2) is 47.3. The van der Waals surface area contributed by atoms with Gasteiger partial charge in [0, 0.05) is 19.3 Å². The molecule has 0 aliphatic rings. The lowest BCUT2D eigenvalue weighted by Gasteiger charge is -2.18. The summed E-state index contributed by atoms with van der Waals surface area (Å²) in [6, 6.07) is 0. The van der Waals surface area contributed by atoms with Gasteiger partial charge in [-0.1, -0.05) is 202 Å². The molecule has 1 atom stereocenters. The Morgan fingerprint density at radius 1 is 0.356 bits per heavy atom. The first-order valence-corrected chi connectivity index (χ1v) is 24.1. The van der Waals surface area contributed by atoms with E-state index in [-0.39, 0.29) is 37.5 Å². The highest BCUT2D eigenvalue weighted by atomic mass is 16.6. The van der Waals surface area contributed by atoms with Crippen molar-refractivity contribution < 1.29 is 28.6 Å². The van der Waals surface area contributed by atoms with Crippen LogP contribution in [0.5, 0.6) is 0 Å². The van der Waals surface area contributed by atoms with Gasteiger partial charge in [-0.15, -0.1) is 0 Å². The van der Waals surface area contributed by atoms with Crippen LogP contribution in [0.4, 0.5) is 0 Å². The Morgan fingerprint density at radius 3 is 1.14 bits per heavy atom. The maximum absolute atomic E-state index is 12.7. The summed E-state index contributed by atoms with van der Waals surface area (Å²) >= 11 is 0. The van der Waals surface area contributed by atoms with Crippen LogP contribution in [0.1, 0.15) is 213 Å². The quantitative estimate of drug-likeness (QED) is 0.0264. The molecule has 0 aromatic heterocycles. The largest absolute Gasteiger partial charge is 0.462 e. The van der Waals surface area contributed by atoms with Crippen molar-refractivity contribution in [1.82, 2.24) is 0 Å². The fourth-order valence-corrected chi connectivity index (χ4v) is 6.35. The number of carbonyl (C=O) groups excluding carboxylic acids is 3. The van der Waals surface area contributed by atoms with Crippen LogP contribution in [-0.2, 0) is 28.6 Å². The van der Waals surface area contributed by atoms with Crippen molar-refractivity contribution in [3.05, 3.63) is 85.1 Å². The number of ether oxygens (including phenoxy) is 3. The number of carbonyl (C=O) groups is 3. The van der Waals surface area contributed by atoms with Gasteiger partial charge in [0.25, 0.3) is 0 Å². The number of hydrogen-bond acceptors (Lipinski definition) is 6. The SMILES string of the molecule is CC/C=C\C/C=C\C/C=C\C/C=C\C/C=C\CCC(=O)OCC(COC(=O)CCCCCCC/C=C\C/C=C\CC)OC(=O)CCCCCCCCCCCCCCC. The molecule has 0 radical (unpaired) electrons. The van der Waals surface area contributed by atoms with Crippen molar-refractivity contribution in [3.8, 4) is 0 Å². The van der Waals surface area contributed by atoms with Gasteiger partial charge in [0.1, 0.15) is 13.2 Å². The van der Waals surface area contributed by atoms with Gasteiger partial charge in [0.15, 0.2) is 6.10 Å². The van der Waals surface area contributed by atoms with Crippen molar-refractivity contribution in [2.75, 3.05) is 13.2 Å². The highest BCUT2D eigenvalue weighted by molar-refractivity contribution is 5.71. The number of rotatable bonds is 42. The first-order chi connectivity index (χ1) is 29.0. The summed E-state index contributed by atoms with van der Waals surface area (Å²) in [7, 11) is 0. The summed E-state index contributed by atoms with van der Waals surface area (Å²) < 4.78 is 16.7. The smallest absolute Gasteiger partial charge is 0.306 e. The van der Waals surface area contributed by atoms with Crippen LogP contribution in [-0.4, -0.2) is 37.2 Å². The molecule has 59 heavy (non-hydrogen) atoms. The van der Waals surface area contributed by atoms with E-state index < -0.39 is 6.10 Å². The van der Waals surface area contributed by atoms with Gasteiger partial charge >= 0.3 is 17.9 Å². The molecule has 0 aliphatic carbocycles. The van der Waals surface area contributed by atoms with Gasteiger partial charge in [-0.2, -0.15) is 0 Å². The fraction of sp³-hybridized carbons (Fsp3) is 0.679. The van der Waals surface area contributed by atoms with Gasteiger partial charge in [0.05, 0.1) is 0 Å². The second-order valence-electron chi connectivity index (χ2n) is 15.6. The summed E-state index contributed by atoms with van der Waals surface area (Å²) in [5.41, 5.74) is 0. The van der Waals surface area contributed by atoms with E-state index in [2.05, 4.69) is 93.7 Å². The zero-order chi connectivity index (χ0) is 43.0. The first kappa shape index (κ1) is 55.6. The molecule has 0 fully saturated rings. The number of hydrogen-bond donors (Lipinski definition) is 0. The lowest BCUT2D eigenvalue weighted by Crippen LogP contribution is -2.30. The van der Waals surface area contributed by atoms with Crippen molar-refractivity contribution in [2.45, 2.75) is 219 Å². The van der Waals surface area contributed by atoms with Crippen molar-refractivity contribution in [1.29, 1.82) is 0 Å². The normalized spacial score (nSPS) is 12.8. The third-order valence-corrected chi connectivity index (χ3v) is 9.91. The maximum Gasteiger partial charge on any atom is 0.306 e. The molecule has 0 spiro atoms. The zero-order valence-corrected chi connectivity index (χ0v) is 38.2. The summed E-state index contributed by atoms with van der Waals surface area (Å²) in [6.45, 7) is 6.32. The summed E-state index contributed by atoms with van der Waals surface area (Å²) in [4.78, 5) is 37.8. The Kier molecular flexibility index (Phi) is 44.5. The van der Waals surface area contributed by atoms with Gasteiger partial charge in [-0.05, 0) is 77.0 Å². The van der Waals surface area contributed by atoms with Crippen molar-refractivity contribution in [3.63, 3.8) is 0 Å². The van der Waals surface area contributed by atoms with Crippen LogP contribution in [0.2, 0.25) is 0 Å². The Morgan fingerprint density at radius 2 is 0.695 bits per heavy atom. The minimum absolute atomic E-state index is 0.106. The Balaban J connectivity index is 4.51. The predicted octanol–water partition coefficient (Wildman–Crippen LogP) is 15.6. The van der Waals surface area contributed by atoms with E-state index in [1.165, 1.54) is 64.2 Å². The Bertz CT molecular complexity index is 1170. The molecule has 0 bridgehead atoms. The molecule has 0 N–H and O–H groups in total. The van der Waals surface area contributed by atoms with Crippen LogP contribution in [0.3, 0.4) is 0 Å². The highest BCUT2D eigenvalue weighted by Gasteiger charge is 2.19. The van der Waals surface area contributed by atoms with Crippen molar-refractivity contribution >= 4 is 17.9 Å². The van der Waals surface area contributed by atoms with Gasteiger partial charge < -0.3 is 14.2 Å². The molecule has 0 aromatic carbocycles. The number of esters is 3. The first-order valence-electron chi connectivity index (χ1n) is 24.1. The van der Waals surface area contributed by atoms with Gasteiger partial charge in [0.2, 0.25) is 0 Å². The average Bonchev–Trinajstić information content (AvgIpc) is 3.23. The van der Waals surface area contributed by atoms with E-state index in [1.807, 2.05) is 12.2 Å². The monoisotopic (exact) mass is 821 g/mol. The zero-order valence-electron chi connectivity index (χ0n) is 38.2. The molecule has 0 saturated heterocycles. The molecule has 0 aliphatic heterocycles. The van der Waals surface area contributed by atoms with Crippen LogP contribution >= 0.6 is 0 Å². The lowest BCUT2D eigenvalue weighted by atomic mass is 10.0. The van der Waals surface area contributed by atoms with E-state index in [1.54, 1.807) is 0 Å². The Labute approximate surface area is 363 Å². The molecule has 0 saturated carbocycles. The van der Waals surface area contributed by atoms with E-state index in [9.17, 15) is 14.4 Å². The molecular formula is C53H88O6. The van der Waals surface area contributed by atoms with E-state index >= 15 is 0 Å². The third-order valence-electron chi connectivity index (χ3n) is 9.91. The number of allylic oxidation sites excluding steroid dienone is 14. The van der Waals surface area contributed by atoms with Crippen LogP contribution < -0.4 is 0 Å². The molecule has 0 rings (SSSR count). The van der Waals surface area contributed by atoms with Crippen molar-refractivity contribution in [2.24, 2.45) is 0 Å². The fourth-order valence-electron chi connectivity index (χ4n) is 6.35. The third kappa shape index (κ3) is 45.5. The molecule has 6 heteroatoms. The standard InChI is InChI=1S/C53H88O6/c1-4-7-10-13-16-19-22-25-26-27-29-31-34-37-40-43-46-52(55)58-49-50(48-57-51(54)45-42-39-36-33-30-24-21-18-15-12-9-6-3)59-53(56)47-44-41-38-35-32-28-23-20-17-14-11-8-5-2/h7,9-10,12,16,18-19,21,25-26,29,31,37,40,50H,4-6,8,11,13-15,17,20,22-24,27-28,30,32-36,38-39,41-49H2,1-3H3/b10-7-,12-9-,19-16-,21-18-,26-25-,31-29-,40-37-. The summed E-state index contributed by atoms with van der Waals surface area (Å²) in [6.07, 6.45) is 60.1. The van der Waals surface area contributed by atoms with Crippen LogP contribution in [0.25, 0.3) is 0 Å².